The Balaban J connectivity index is 1.38. The van der Waals surface area contributed by atoms with E-state index in [-0.39, 0.29) is 83.1 Å². The molecule has 3 aliphatic heterocycles. The van der Waals surface area contributed by atoms with Crippen molar-refractivity contribution in [1.29, 1.82) is 0 Å². The van der Waals surface area contributed by atoms with E-state index in [2.05, 4.69) is 0 Å². The molecule has 0 bridgehead atoms. The van der Waals surface area contributed by atoms with Gasteiger partial charge in [0.25, 0.3) is 21.8 Å². The Morgan fingerprint density at radius 2 is 1.29 bits per heavy atom. The number of hydrogen-bond donors (Lipinski definition) is 3. The number of hydroxylamine groups is 1. The van der Waals surface area contributed by atoms with Gasteiger partial charge in [-0.2, -0.15) is 4.31 Å². The first-order chi connectivity index (χ1) is 29.4. The van der Waals surface area contributed by atoms with Crippen molar-refractivity contribution in [2.45, 2.75) is 81.9 Å². The smallest absolute Gasteiger partial charge is 0.274 e. The quantitative estimate of drug-likeness (QED) is 0.106. The topological polar surface area (TPSA) is 195 Å². The van der Waals surface area contributed by atoms with E-state index in [0.717, 1.165) is 19.2 Å². The zero-order valence-corrected chi connectivity index (χ0v) is 38.1. The van der Waals surface area contributed by atoms with E-state index in [1.807, 2.05) is 0 Å². The van der Waals surface area contributed by atoms with Crippen molar-refractivity contribution in [3.8, 4) is 23.0 Å². The maximum atomic E-state index is 15.1. The van der Waals surface area contributed by atoms with Gasteiger partial charge in [0.05, 0.1) is 44.2 Å². The van der Waals surface area contributed by atoms with E-state index < -0.39 is 100 Å². The lowest BCUT2D eigenvalue weighted by Gasteiger charge is -2.30. The highest BCUT2D eigenvalue weighted by atomic mass is 35.5. The first-order valence-corrected chi connectivity index (χ1v) is 23.3. The highest BCUT2D eigenvalue weighted by Crippen LogP contribution is 2.52. The molecule has 0 saturated carbocycles. The van der Waals surface area contributed by atoms with E-state index in [0.29, 0.717) is 15.6 Å². The number of morpholine rings is 1. The highest BCUT2D eigenvalue weighted by molar-refractivity contribution is 7.89. The first kappa shape index (κ1) is 46.2. The lowest BCUT2D eigenvalue weighted by Crippen LogP contribution is -2.41. The minimum absolute atomic E-state index is 0.0299. The van der Waals surface area contributed by atoms with Crippen LogP contribution in [-0.4, -0.2) is 95.9 Å². The molecular weight excluding hydrogens is 910 g/mol. The summed E-state index contributed by atoms with van der Waals surface area (Å²) in [6, 6.07) is 7.54. The molecule has 0 aliphatic carbocycles. The molecule has 3 aliphatic rings. The summed E-state index contributed by atoms with van der Waals surface area (Å²) in [4.78, 5) is 35.9. The molecule has 0 radical (unpaired) electrons. The normalized spacial score (nSPS) is 16.1. The van der Waals surface area contributed by atoms with Gasteiger partial charge < -0.3 is 34.7 Å². The molecule has 4 aromatic rings. The fraction of sp³-hybridized carbons (Fsp3) is 0.381. The van der Waals surface area contributed by atoms with Gasteiger partial charge in [-0.25, -0.2) is 25.6 Å². The van der Waals surface area contributed by atoms with E-state index in [1.54, 1.807) is 34.6 Å². The molecule has 21 heteroatoms. The van der Waals surface area contributed by atoms with Crippen LogP contribution in [0.15, 0.2) is 46.2 Å². The predicted molar refractivity (Wildman–Crippen MR) is 226 cm³/mol. The maximum absolute atomic E-state index is 15.1. The number of carbonyl (C=O) groups is 2. The zero-order chi connectivity index (χ0) is 46.2. The zero-order valence-electron chi connectivity index (χ0n) is 34.9. The third-order valence-corrected chi connectivity index (χ3v) is 15.5. The van der Waals surface area contributed by atoms with Gasteiger partial charge in [-0.1, -0.05) is 70.0 Å². The summed E-state index contributed by atoms with van der Waals surface area (Å²) in [5, 5.41) is 34.5. The van der Waals surface area contributed by atoms with Crippen LogP contribution < -0.4 is 4.84 Å². The van der Waals surface area contributed by atoms with Gasteiger partial charge in [0.1, 0.15) is 11.6 Å². The molecule has 1 fully saturated rings. The number of phenolic OH excluding ortho intramolecular Hbond substituents is 3. The Labute approximate surface area is 373 Å². The van der Waals surface area contributed by atoms with Gasteiger partial charge >= 0.3 is 0 Å². The van der Waals surface area contributed by atoms with Crippen molar-refractivity contribution in [2.75, 3.05) is 33.4 Å². The Hall–Kier alpha value is -4.76. The van der Waals surface area contributed by atoms with Crippen LogP contribution in [0.2, 0.25) is 10.0 Å². The fourth-order valence-electron chi connectivity index (χ4n) is 8.21. The number of nitrogens with zero attached hydrogens (tertiary/aromatic N) is 4. The van der Waals surface area contributed by atoms with Crippen molar-refractivity contribution in [3.05, 3.63) is 103 Å². The second-order valence-electron chi connectivity index (χ2n) is 16.8. The molecule has 2 amide bonds. The molecule has 63 heavy (non-hydrogen) atoms. The lowest BCUT2D eigenvalue weighted by atomic mass is 9.84. The van der Waals surface area contributed by atoms with Gasteiger partial charge in [0.15, 0.2) is 17.2 Å². The molecular formula is C42H44Cl2F2N4O11S2. The van der Waals surface area contributed by atoms with E-state index in [9.17, 15) is 42.1 Å². The van der Waals surface area contributed by atoms with Crippen LogP contribution in [0.4, 0.5) is 8.78 Å². The number of halogens is 4. The number of phenols is 3. The van der Waals surface area contributed by atoms with Crippen LogP contribution in [0.5, 0.6) is 23.0 Å². The summed E-state index contributed by atoms with van der Waals surface area (Å²) in [6.07, 6.45) is 0. The first-order valence-electron chi connectivity index (χ1n) is 19.6. The summed E-state index contributed by atoms with van der Waals surface area (Å²) in [5.74, 6) is -7.21. The Kier molecular flexibility index (Phi) is 12.2. The highest BCUT2D eigenvalue weighted by Gasteiger charge is 2.47. The number of fused-ring (bicyclic) bond motifs is 2. The molecule has 0 spiro atoms. The van der Waals surface area contributed by atoms with Gasteiger partial charge in [-0.15, -0.1) is 0 Å². The van der Waals surface area contributed by atoms with E-state index in [4.69, 9.17) is 32.8 Å². The van der Waals surface area contributed by atoms with Crippen molar-refractivity contribution < 1.29 is 60.1 Å². The van der Waals surface area contributed by atoms with Crippen LogP contribution in [0.3, 0.4) is 0 Å². The number of ether oxygens (including phenoxy) is 1. The van der Waals surface area contributed by atoms with Gasteiger partial charge in [0, 0.05) is 68.6 Å². The predicted octanol–water partition coefficient (Wildman–Crippen LogP) is 6.76. The average Bonchev–Trinajstić information content (AvgIpc) is 3.70. The Bertz CT molecular complexity index is 2820. The number of aromatic hydroxyl groups is 3. The number of sulfonamides is 2. The molecule has 15 nitrogen and oxygen atoms in total. The summed E-state index contributed by atoms with van der Waals surface area (Å²) < 4.78 is 94.3. The molecule has 3 heterocycles. The van der Waals surface area contributed by atoms with Crippen LogP contribution in [0, 0.1) is 11.6 Å². The minimum atomic E-state index is -5.10. The average molecular weight is 954 g/mol. The molecule has 0 aromatic heterocycles. The molecule has 1 saturated heterocycles. The number of amides is 2. The largest absolute Gasteiger partial charge is 0.504 e. The molecule has 3 N–H and O–H groups in total. The van der Waals surface area contributed by atoms with Crippen LogP contribution in [-0.2, 0) is 56.4 Å². The Morgan fingerprint density at radius 1 is 0.794 bits per heavy atom. The SMILES string of the molecule is CC(C)c1c(O)c(ON(C)S(=O)(=O)c2c3c(c(O)c(O)c2C(C)(C)C)C(=O)N(Cc2ccc(F)c(Cl)c2)C3)c2c(c1S(=O)(=O)N1CCOCC1)CN(Cc1ccc(F)c(Cl)c1)C2=O. The van der Waals surface area contributed by atoms with Crippen molar-refractivity contribution in [3.63, 3.8) is 0 Å². The third kappa shape index (κ3) is 8.06. The molecule has 4 aromatic carbocycles. The van der Waals surface area contributed by atoms with Crippen LogP contribution in [0.25, 0.3) is 0 Å². The number of hydrogen-bond acceptors (Lipinski definition) is 11. The van der Waals surface area contributed by atoms with E-state index >= 15 is 8.42 Å². The van der Waals surface area contributed by atoms with Crippen LogP contribution in [0.1, 0.15) is 94.6 Å². The molecule has 7 rings (SSSR count). The summed E-state index contributed by atoms with van der Waals surface area (Å²) in [6.45, 7) is 6.79. The third-order valence-electron chi connectivity index (χ3n) is 11.1. The number of carbonyl (C=O) groups excluding carboxylic acids is 2. The van der Waals surface area contributed by atoms with E-state index in [1.165, 1.54) is 38.4 Å². The van der Waals surface area contributed by atoms with Crippen molar-refractivity contribution in [1.82, 2.24) is 18.6 Å². The maximum Gasteiger partial charge on any atom is 0.274 e. The van der Waals surface area contributed by atoms with Gasteiger partial charge in [0.2, 0.25) is 15.8 Å². The monoisotopic (exact) mass is 952 g/mol. The fourth-order valence-corrected chi connectivity index (χ4v) is 12.2. The minimum Gasteiger partial charge on any atom is -0.504 e. The summed E-state index contributed by atoms with van der Waals surface area (Å²) >= 11 is 12.0. The molecule has 0 unspecified atom stereocenters. The lowest BCUT2D eigenvalue weighted by molar-refractivity contribution is 0.0561. The standard InChI is InChI=1S/C42H44Cl2F2N4O11S2/c1-21(2)30-35(52)37(32-25(38(30)63(58,59)50-11-13-60-14-12-50)20-49(41(32)55)18-23-8-10-29(46)27(44)16-23)61-47(6)62(56,57)39-24-19-48(17-22-7-9-28(45)26(43)15-22)40(54)31(24)34(51)36(53)33(39)42(3,4)5/h7-10,15-16,21,51-53H,11-14,17-20H2,1-6H3. The van der Waals surface area contributed by atoms with Crippen LogP contribution >= 0.6 is 23.2 Å². The number of benzene rings is 4. The summed E-state index contributed by atoms with van der Waals surface area (Å²) in [5.41, 5.74) is -2.24. The van der Waals surface area contributed by atoms with Crippen molar-refractivity contribution >= 4 is 55.1 Å². The molecule has 0 atom stereocenters. The van der Waals surface area contributed by atoms with Gasteiger partial charge in [-0.05, 0) is 51.2 Å². The molecule has 338 valence electrons. The number of rotatable bonds is 11. The second kappa shape index (κ2) is 16.7. The summed E-state index contributed by atoms with van der Waals surface area (Å²) in [7, 11) is -8.61. The van der Waals surface area contributed by atoms with Crippen molar-refractivity contribution in [2.24, 2.45) is 0 Å². The van der Waals surface area contributed by atoms with Gasteiger partial charge in [-0.3, -0.25) is 9.59 Å². The second-order valence-corrected chi connectivity index (χ2v) is 21.3. The Morgan fingerprint density at radius 3 is 1.76 bits per heavy atom.